The number of carbonyl (C=O) groups excluding carboxylic acids is 2. The highest BCUT2D eigenvalue weighted by molar-refractivity contribution is 6.51. The van der Waals surface area contributed by atoms with Crippen molar-refractivity contribution in [2.75, 3.05) is 12.0 Å². The Morgan fingerprint density at radius 3 is 2.39 bits per heavy atom. The van der Waals surface area contributed by atoms with Gasteiger partial charge in [-0.3, -0.25) is 14.5 Å². The molecule has 1 saturated heterocycles. The molecule has 0 radical (unpaired) electrons. The van der Waals surface area contributed by atoms with Crippen LogP contribution in [-0.4, -0.2) is 23.9 Å². The molecule has 0 aromatic heterocycles. The van der Waals surface area contributed by atoms with Crippen molar-refractivity contribution in [2.24, 2.45) is 0 Å². The van der Waals surface area contributed by atoms with Crippen molar-refractivity contribution in [1.29, 1.82) is 0 Å². The maximum atomic E-state index is 13.3. The Morgan fingerprint density at radius 2 is 1.70 bits per heavy atom. The van der Waals surface area contributed by atoms with Crippen LogP contribution in [0.2, 0.25) is 5.02 Å². The lowest BCUT2D eigenvalue weighted by Crippen LogP contribution is -2.29. The van der Waals surface area contributed by atoms with Crippen LogP contribution in [0.5, 0.6) is 5.75 Å². The molecule has 1 atom stereocenters. The minimum Gasteiger partial charge on any atom is -0.507 e. The number of halogens is 1. The zero-order valence-corrected chi connectivity index (χ0v) is 19.6. The lowest BCUT2D eigenvalue weighted by molar-refractivity contribution is -0.132. The number of nitrogens with zero attached hydrogens (tertiary/aromatic N) is 1. The van der Waals surface area contributed by atoms with Crippen LogP contribution in [0, 0.1) is 20.8 Å². The van der Waals surface area contributed by atoms with Gasteiger partial charge in [-0.1, -0.05) is 47.5 Å². The van der Waals surface area contributed by atoms with Gasteiger partial charge in [0.25, 0.3) is 11.7 Å². The van der Waals surface area contributed by atoms with Gasteiger partial charge in [0.2, 0.25) is 0 Å². The number of rotatable bonds is 4. The number of hydrogen-bond acceptors (Lipinski definition) is 4. The largest absolute Gasteiger partial charge is 0.507 e. The van der Waals surface area contributed by atoms with Gasteiger partial charge in [-0.2, -0.15) is 0 Å². The second-order valence-electron chi connectivity index (χ2n) is 8.20. The van der Waals surface area contributed by atoms with Crippen LogP contribution in [-0.2, 0) is 9.59 Å². The number of aryl methyl sites for hydroxylation is 3. The van der Waals surface area contributed by atoms with Crippen molar-refractivity contribution >= 4 is 34.7 Å². The monoisotopic (exact) mass is 461 g/mol. The van der Waals surface area contributed by atoms with Crippen molar-refractivity contribution in [2.45, 2.75) is 26.8 Å². The summed E-state index contributed by atoms with van der Waals surface area (Å²) in [6, 6.07) is 17.1. The number of carbonyl (C=O) groups is 2. The van der Waals surface area contributed by atoms with E-state index in [1.807, 2.05) is 39.0 Å². The molecule has 0 bridgehead atoms. The number of aliphatic hydroxyl groups is 1. The van der Waals surface area contributed by atoms with Gasteiger partial charge in [0.1, 0.15) is 11.5 Å². The number of ketones is 1. The van der Waals surface area contributed by atoms with Gasteiger partial charge in [-0.25, -0.2) is 0 Å². The van der Waals surface area contributed by atoms with Gasteiger partial charge in [0.15, 0.2) is 0 Å². The summed E-state index contributed by atoms with van der Waals surface area (Å²) in [6.45, 7) is 5.62. The summed E-state index contributed by atoms with van der Waals surface area (Å²) in [7, 11) is 1.55. The molecule has 0 aliphatic carbocycles. The first-order valence-electron chi connectivity index (χ1n) is 10.5. The molecule has 33 heavy (non-hydrogen) atoms. The summed E-state index contributed by atoms with van der Waals surface area (Å²) in [6.07, 6.45) is 0. The number of benzene rings is 3. The molecular formula is C27H24ClNO4. The lowest BCUT2D eigenvalue weighted by Gasteiger charge is -2.26. The van der Waals surface area contributed by atoms with E-state index in [1.165, 1.54) is 4.90 Å². The van der Waals surface area contributed by atoms with Gasteiger partial charge >= 0.3 is 0 Å². The van der Waals surface area contributed by atoms with Gasteiger partial charge < -0.3 is 9.84 Å². The van der Waals surface area contributed by atoms with Gasteiger partial charge in [0.05, 0.1) is 18.7 Å². The molecule has 1 N–H and O–H groups in total. The van der Waals surface area contributed by atoms with Gasteiger partial charge in [0, 0.05) is 16.3 Å². The Bertz CT molecular complexity index is 1310. The molecule has 3 aromatic rings. The van der Waals surface area contributed by atoms with Crippen LogP contribution in [0.3, 0.4) is 0 Å². The molecular weight excluding hydrogens is 438 g/mol. The first kappa shape index (κ1) is 22.6. The SMILES string of the molecule is COc1cccc(C2/C(=C(\O)c3cc(C)ccc3C)C(=O)C(=O)N2c2ccc(C)c(Cl)c2)c1. The van der Waals surface area contributed by atoms with Crippen LogP contribution in [0.25, 0.3) is 5.76 Å². The molecule has 1 unspecified atom stereocenters. The summed E-state index contributed by atoms with van der Waals surface area (Å²) >= 11 is 6.35. The molecule has 6 heteroatoms. The first-order valence-corrected chi connectivity index (χ1v) is 10.9. The second kappa shape index (κ2) is 8.75. The molecule has 5 nitrogen and oxygen atoms in total. The summed E-state index contributed by atoms with van der Waals surface area (Å²) < 4.78 is 5.37. The Balaban J connectivity index is 2.00. The van der Waals surface area contributed by atoms with E-state index in [1.54, 1.807) is 49.6 Å². The van der Waals surface area contributed by atoms with Crippen molar-refractivity contribution in [3.8, 4) is 5.75 Å². The summed E-state index contributed by atoms with van der Waals surface area (Å²) in [5, 5.41) is 11.8. The number of anilines is 1. The molecule has 0 spiro atoms. The molecule has 3 aromatic carbocycles. The lowest BCUT2D eigenvalue weighted by atomic mass is 9.93. The number of aliphatic hydroxyl groups excluding tert-OH is 1. The molecule has 0 saturated carbocycles. The number of amides is 1. The maximum Gasteiger partial charge on any atom is 0.300 e. The Kier molecular flexibility index (Phi) is 6.00. The molecule has 168 valence electrons. The van der Waals surface area contributed by atoms with E-state index in [2.05, 4.69) is 0 Å². The smallest absolute Gasteiger partial charge is 0.300 e. The molecule has 1 heterocycles. The van der Waals surface area contributed by atoms with Crippen LogP contribution in [0.15, 0.2) is 66.2 Å². The highest BCUT2D eigenvalue weighted by Crippen LogP contribution is 2.43. The highest BCUT2D eigenvalue weighted by atomic mass is 35.5. The standard InChI is InChI=1S/C27H24ClNO4/c1-15-8-9-16(2)21(12-15)25(30)23-24(18-6-5-7-20(13-18)33-4)29(27(32)26(23)31)19-11-10-17(3)22(28)14-19/h5-14,24,30H,1-4H3/b25-23+. The fraction of sp³-hybridized carbons (Fsp3) is 0.185. The van der Waals surface area contributed by atoms with Crippen molar-refractivity contribution in [1.82, 2.24) is 0 Å². The van der Waals surface area contributed by atoms with Crippen LogP contribution in [0.1, 0.15) is 33.9 Å². The molecule has 1 amide bonds. The Labute approximate surface area is 197 Å². The van der Waals surface area contributed by atoms with Crippen molar-refractivity contribution in [3.63, 3.8) is 0 Å². The predicted molar refractivity (Wildman–Crippen MR) is 130 cm³/mol. The zero-order chi connectivity index (χ0) is 23.9. The number of hydrogen-bond donors (Lipinski definition) is 1. The molecule has 1 aliphatic rings. The van der Waals surface area contributed by atoms with Gasteiger partial charge in [-0.15, -0.1) is 0 Å². The van der Waals surface area contributed by atoms with Crippen molar-refractivity contribution < 1.29 is 19.4 Å². The van der Waals surface area contributed by atoms with Gasteiger partial charge in [-0.05, 0) is 67.8 Å². The Morgan fingerprint density at radius 1 is 0.970 bits per heavy atom. The average molecular weight is 462 g/mol. The molecule has 4 rings (SSSR count). The van der Waals surface area contributed by atoms with E-state index < -0.39 is 17.7 Å². The summed E-state index contributed by atoms with van der Waals surface area (Å²) in [4.78, 5) is 28.0. The molecule has 1 fully saturated rings. The highest BCUT2D eigenvalue weighted by Gasteiger charge is 2.47. The third-order valence-corrected chi connectivity index (χ3v) is 6.34. The molecule has 1 aliphatic heterocycles. The average Bonchev–Trinajstić information content (AvgIpc) is 3.07. The van der Waals surface area contributed by atoms with E-state index in [-0.39, 0.29) is 11.3 Å². The van der Waals surface area contributed by atoms with Crippen LogP contribution < -0.4 is 9.64 Å². The van der Waals surface area contributed by atoms with E-state index in [4.69, 9.17) is 16.3 Å². The van der Waals surface area contributed by atoms with E-state index in [0.29, 0.717) is 27.6 Å². The van der Waals surface area contributed by atoms with Crippen LogP contribution in [0.4, 0.5) is 5.69 Å². The fourth-order valence-corrected chi connectivity index (χ4v) is 4.27. The van der Waals surface area contributed by atoms with Crippen molar-refractivity contribution in [3.05, 3.63) is 99.1 Å². The van der Waals surface area contributed by atoms with E-state index in [0.717, 1.165) is 16.7 Å². The van der Waals surface area contributed by atoms with E-state index in [9.17, 15) is 14.7 Å². The fourth-order valence-electron chi connectivity index (χ4n) is 4.09. The quantitative estimate of drug-likeness (QED) is 0.298. The minimum atomic E-state index is -0.848. The third-order valence-electron chi connectivity index (χ3n) is 5.94. The van der Waals surface area contributed by atoms with E-state index >= 15 is 0 Å². The first-order chi connectivity index (χ1) is 15.7. The maximum absolute atomic E-state index is 13.3. The zero-order valence-electron chi connectivity index (χ0n) is 18.8. The topological polar surface area (TPSA) is 66.8 Å². The normalized spacial score (nSPS) is 17.5. The number of ether oxygens (including phenoxy) is 1. The summed E-state index contributed by atoms with van der Waals surface area (Å²) in [5.74, 6) is -1.11. The number of Topliss-reactive ketones (excluding diaryl/α,β-unsaturated/α-hetero) is 1. The third kappa shape index (κ3) is 4.00. The van der Waals surface area contributed by atoms with Crippen LogP contribution >= 0.6 is 11.6 Å². The Hall–Kier alpha value is -3.57. The number of methoxy groups -OCH3 is 1. The second-order valence-corrected chi connectivity index (χ2v) is 8.60. The minimum absolute atomic E-state index is 0.0265. The predicted octanol–water partition coefficient (Wildman–Crippen LogP) is 5.90. The summed E-state index contributed by atoms with van der Waals surface area (Å²) in [5.41, 5.74) is 4.23.